The van der Waals surface area contributed by atoms with Crippen LogP contribution in [0.2, 0.25) is 0 Å². The molecule has 0 spiro atoms. The quantitative estimate of drug-likeness (QED) is 0.679. The van der Waals surface area contributed by atoms with E-state index in [9.17, 15) is 13.2 Å². The van der Waals surface area contributed by atoms with Gasteiger partial charge in [-0.2, -0.15) is 4.31 Å². The normalized spacial score (nSPS) is 23.8. The van der Waals surface area contributed by atoms with E-state index in [-0.39, 0.29) is 22.3 Å². The van der Waals surface area contributed by atoms with Crippen molar-refractivity contribution in [1.82, 2.24) is 19.7 Å². The Morgan fingerprint density at radius 2 is 1.75 bits per heavy atom. The molecule has 0 bridgehead atoms. The van der Waals surface area contributed by atoms with Gasteiger partial charge in [0.25, 0.3) is 0 Å². The van der Waals surface area contributed by atoms with Gasteiger partial charge in [-0.25, -0.2) is 8.42 Å². The van der Waals surface area contributed by atoms with Crippen LogP contribution >= 0.6 is 0 Å². The Morgan fingerprint density at radius 3 is 2.34 bits per heavy atom. The molecule has 1 N–H and O–H groups in total. The number of nitrogens with zero attached hydrogens (tertiary/aromatic N) is 3. The Bertz CT molecular complexity index is 876. The van der Waals surface area contributed by atoms with E-state index in [1.165, 1.54) is 23.6 Å². The van der Waals surface area contributed by atoms with Gasteiger partial charge in [-0.05, 0) is 39.5 Å². The predicted molar refractivity (Wildman–Crippen MR) is 119 cm³/mol. The molecule has 3 aliphatic rings. The van der Waals surface area contributed by atoms with Gasteiger partial charge in [-0.15, -0.1) is 0 Å². The monoisotopic (exact) mass is 468 g/mol. The third kappa shape index (κ3) is 4.73. The molecule has 2 aliphatic heterocycles. The lowest BCUT2D eigenvalue weighted by Gasteiger charge is -2.48. The van der Waals surface area contributed by atoms with Crippen molar-refractivity contribution >= 4 is 15.9 Å². The van der Waals surface area contributed by atoms with Gasteiger partial charge in [0, 0.05) is 44.2 Å². The van der Waals surface area contributed by atoms with Crippen molar-refractivity contribution in [2.24, 2.45) is 5.92 Å². The Morgan fingerprint density at radius 1 is 1.09 bits per heavy atom. The molecule has 0 radical (unpaired) electrons. The predicted octanol–water partition coefficient (Wildman–Crippen LogP) is 1.84. The van der Waals surface area contributed by atoms with E-state index in [2.05, 4.69) is 15.4 Å². The lowest BCUT2D eigenvalue weighted by Crippen LogP contribution is -2.60. The number of amides is 1. The Kier molecular flexibility index (Phi) is 7.24. The molecule has 9 nitrogen and oxygen atoms in total. The lowest BCUT2D eigenvalue weighted by molar-refractivity contribution is -0.127. The summed E-state index contributed by atoms with van der Waals surface area (Å²) in [6, 6.07) is 0. The van der Waals surface area contributed by atoms with E-state index in [0.29, 0.717) is 43.9 Å². The molecule has 4 rings (SSSR count). The Balaban J connectivity index is 1.34. The van der Waals surface area contributed by atoms with Gasteiger partial charge >= 0.3 is 0 Å². The zero-order chi connectivity index (χ0) is 22.8. The second kappa shape index (κ2) is 9.79. The maximum atomic E-state index is 13.0. The van der Waals surface area contributed by atoms with Crippen molar-refractivity contribution < 1.29 is 22.5 Å². The fourth-order valence-electron chi connectivity index (χ4n) is 5.58. The standard InChI is InChI=1S/C22H36N4O5S/c1-17-20(18(2)31-24-17)32(28,29)26-10-6-19(7-11-26)21(27)23-16-22(8-4-3-5-9-22)25-12-14-30-15-13-25/h19H,3-16H2,1-2H3,(H,23,27). The van der Waals surface area contributed by atoms with Gasteiger partial charge in [-0.3, -0.25) is 9.69 Å². The van der Waals surface area contributed by atoms with E-state index in [4.69, 9.17) is 9.26 Å². The molecular weight excluding hydrogens is 432 g/mol. The third-order valence-electron chi connectivity index (χ3n) is 7.45. The van der Waals surface area contributed by atoms with Crippen LogP contribution in [0.5, 0.6) is 0 Å². The van der Waals surface area contributed by atoms with Crippen molar-refractivity contribution in [2.75, 3.05) is 45.9 Å². The van der Waals surface area contributed by atoms with Crippen molar-refractivity contribution in [3.05, 3.63) is 11.5 Å². The van der Waals surface area contributed by atoms with Crippen LogP contribution in [0, 0.1) is 19.8 Å². The topological polar surface area (TPSA) is 105 Å². The molecule has 2 saturated heterocycles. The van der Waals surface area contributed by atoms with Crippen LogP contribution in [0.1, 0.15) is 56.4 Å². The number of carbonyl (C=O) groups is 1. The largest absolute Gasteiger partial charge is 0.379 e. The SMILES string of the molecule is Cc1noc(C)c1S(=O)(=O)N1CCC(C(=O)NCC2(N3CCOCC3)CCCCC2)CC1. The molecular formula is C22H36N4O5S. The molecule has 0 unspecified atom stereocenters. The summed E-state index contributed by atoms with van der Waals surface area (Å²) in [5.74, 6) is 0.206. The van der Waals surface area contributed by atoms with Gasteiger partial charge in [0.2, 0.25) is 15.9 Å². The fraction of sp³-hybridized carbons (Fsp3) is 0.818. The van der Waals surface area contributed by atoms with Crippen LogP contribution < -0.4 is 5.32 Å². The number of sulfonamides is 1. The highest BCUT2D eigenvalue weighted by molar-refractivity contribution is 7.89. The minimum absolute atomic E-state index is 0.0328. The van der Waals surface area contributed by atoms with Crippen LogP contribution in [0.4, 0.5) is 0 Å². The van der Waals surface area contributed by atoms with Gasteiger partial charge in [0.05, 0.1) is 13.2 Å². The average molecular weight is 469 g/mol. The number of hydrogen-bond acceptors (Lipinski definition) is 7. The molecule has 1 amide bonds. The summed E-state index contributed by atoms with van der Waals surface area (Å²) >= 11 is 0. The van der Waals surface area contributed by atoms with Crippen LogP contribution in [-0.2, 0) is 19.6 Å². The number of ether oxygens (including phenoxy) is 1. The zero-order valence-electron chi connectivity index (χ0n) is 19.3. The molecule has 10 heteroatoms. The summed E-state index contributed by atoms with van der Waals surface area (Å²) < 4.78 is 38.1. The number of morpholine rings is 1. The number of hydrogen-bond donors (Lipinski definition) is 1. The van der Waals surface area contributed by atoms with E-state index in [1.54, 1.807) is 13.8 Å². The minimum Gasteiger partial charge on any atom is -0.379 e. The van der Waals surface area contributed by atoms with Gasteiger partial charge in [0.1, 0.15) is 10.6 Å². The highest BCUT2D eigenvalue weighted by Gasteiger charge is 2.40. The van der Waals surface area contributed by atoms with Crippen LogP contribution in [-0.4, -0.2) is 80.2 Å². The maximum Gasteiger partial charge on any atom is 0.248 e. The van der Waals surface area contributed by atoms with E-state index in [0.717, 1.165) is 39.1 Å². The summed E-state index contributed by atoms with van der Waals surface area (Å²) in [6.45, 7) is 7.95. The van der Waals surface area contributed by atoms with Crippen molar-refractivity contribution in [2.45, 2.75) is 69.2 Å². The van der Waals surface area contributed by atoms with Crippen molar-refractivity contribution in [3.63, 3.8) is 0 Å². The number of piperidine rings is 1. The van der Waals surface area contributed by atoms with Gasteiger partial charge < -0.3 is 14.6 Å². The molecule has 1 aromatic rings. The summed E-state index contributed by atoms with van der Waals surface area (Å²) in [5, 5.41) is 7.02. The fourth-order valence-corrected chi connectivity index (χ4v) is 7.34. The molecule has 1 aliphatic carbocycles. The summed E-state index contributed by atoms with van der Waals surface area (Å²) in [5.41, 5.74) is 0.411. The van der Waals surface area contributed by atoms with Gasteiger partial charge in [-0.1, -0.05) is 24.4 Å². The first-order chi connectivity index (χ1) is 15.3. The Hall–Kier alpha value is -1.49. The molecule has 0 atom stereocenters. The van der Waals surface area contributed by atoms with Crippen LogP contribution in [0.25, 0.3) is 0 Å². The number of aryl methyl sites for hydroxylation is 2. The average Bonchev–Trinajstić information content (AvgIpc) is 3.17. The molecule has 3 heterocycles. The van der Waals surface area contributed by atoms with Crippen molar-refractivity contribution in [1.29, 1.82) is 0 Å². The lowest BCUT2D eigenvalue weighted by atomic mass is 9.79. The molecule has 180 valence electrons. The highest BCUT2D eigenvalue weighted by Crippen LogP contribution is 2.34. The minimum atomic E-state index is -3.66. The maximum absolute atomic E-state index is 13.0. The summed E-state index contributed by atoms with van der Waals surface area (Å²) in [7, 11) is -3.66. The molecule has 32 heavy (non-hydrogen) atoms. The zero-order valence-corrected chi connectivity index (χ0v) is 20.1. The summed E-state index contributed by atoms with van der Waals surface area (Å²) in [4.78, 5) is 15.7. The van der Waals surface area contributed by atoms with Crippen LogP contribution in [0.3, 0.4) is 0 Å². The molecule has 0 aromatic carbocycles. The number of carbonyl (C=O) groups excluding carboxylic acids is 1. The van der Waals surface area contributed by atoms with E-state index < -0.39 is 10.0 Å². The number of nitrogens with one attached hydrogen (secondary N) is 1. The second-order valence-electron chi connectivity index (χ2n) is 9.43. The van der Waals surface area contributed by atoms with E-state index in [1.807, 2.05) is 0 Å². The number of aromatic nitrogens is 1. The summed E-state index contributed by atoms with van der Waals surface area (Å²) in [6.07, 6.45) is 6.94. The van der Waals surface area contributed by atoms with Crippen LogP contribution in [0.15, 0.2) is 9.42 Å². The first-order valence-corrected chi connectivity index (χ1v) is 13.3. The molecule has 1 saturated carbocycles. The Labute approximate surface area is 190 Å². The number of rotatable bonds is 6. The van der Waals surface area contributed by atoms with Gasteiger partial charge in [0.15, 0.2) is 5.76 Å². The molecule has 3 fully saturated rings. The third-order valence-corrected chi connectivity index (χ3v) is 9.59. The smallest absolute Gasteiger partial charge is 0.248 e. The van der Waals surface area contributed by atoms with Crippen molar-refractivity contribution in [3.8, 4) is 0 Å². The first kappa shape index (κ1) is 23.7. The van der Waals surface area contributed by atoms with E-state index >= 15 is 0 Å². The first-order valence-electron chi connectivity index (χ1n) is 11.9. The molecule has 1 aromatic heterocycles. The second-order valence-corrected chi connectivity index (χ2v) is 11.3. The highest BCUT2D eigenvalue weighted by atomic mass is 32.2.